The summed E-state index contributed by atoms with van der Waals surface area (Å²) >= 11 is 0. The maximum atomic E-state index is 5.98. The Bertz CT molecular complexity index is 522. The molecule has 1 aromatic rings. The van der Waals surface area contributed by atoms with Gasteiger partial charge in [0, 0.05) is 6.61 Å². The van der Waals surface area contributed by atoms with Gasteiger partial charge in [0.05, 0.1) is 5.60 Å². The minimum Gasteiger partial charge on any atom is -0.376 e. The number of hydrogen-bond donors (Lipinski definition) is 1. The van der Waals surface area contributed by atoms with Gasteiger partial charge in [-0.05, 0) is 96.6 Å². The second-order valence-electron chi connectivity index (χ2n) is 8.80. The molecule has 0 amide bonds. The molecule has 0 aliphatic carbocycles. The predicted octanol–water partition coefficient (Wildman–Crippen LogP) is 5.00. The van der Waals surface area contributed by atoms with Gasteiger partial charge in [0.2, 0.25) is 0 Å². The van der Waals surface area contributed by atoms with Crippen LogP contribution >= 0.6 is 0 Å². The van der Waals surface area contributed by atoms with E-state index in [9.17, 15) is 0 Å². The Hall–Kier alpha value is -0.900. The predicted molar refractivity (Wildman–Crippen MR) is 117 cm³/mol. The molecule has 2 unspecified atom stereocenters. The highest BCUT2D eigenvalue weighted by Gasteiger charge is 2.33. The van der Waals surface area contributed by atoms with Crippen LogP contribution in [0.4, 0.5) is 0 Å². The lowest BCUT2D eigenvalue weighted by atomic mass is 9.75. The van der Waals surface area contributed by atoms with Crippen molar-refractivity contribution in [2.24, 2.45) is 5.92 Å². The second-order valence-corrected chi connectivity index (χ2v) is 8.80. The first-order valence-electron chi connectivity index (χ1n) is 11.1. The van der Waals surface area contributed by atoms with Crippen LogP contribution < -0.4 is 5.32 Å². The molecular weight excluding hydrogens is 332 g/mol. The molecule has 1 aliphatic rings. The minimum absolute atomic E-state index is 0.0169. The third-order valence-corrected chi connectivity index (χ3v) is 6.16. The Balaban J connectivity index is 1.88. The molecule has 0 spiro atoms. The first kappa shape index (κ1) is 22.4. The van der Waals surface area contributed by atoms with Crippen molar-refractivity contribution in [1.29, 1.82) is 0 Å². The lowest BCUT2D eigenvalue weighted by molar-refractivity contribution is -0.0771. The van der Waals surface area contributed by atoms with Gasteiger partial charge in [0.25, 0.3) is 0 Å². The topological polar surface area (TPSA) is 24.5 Å². The van der Waals surface area contributed by atoms with Crippen LogP contribution in [0.25, 0.3) is 0 Å². The van der Waals surface area contributed by atoms with Crippen LogP contribution in [0.1, 0.15) is 70.4 Å². The smallest absolute Gasteiger partial charge is 0.0629 e. The third-order valence-electron chi connectivity index (χ3n) is 6.16. The summed E-state index contributed by atoms with van der Waals surface area (Å²) in [4.78, 5) is 2.50. The van der Waals surface area contributed by atoms with Gasteiger partial charge >= 0.3 is 0 Å². The lowest BCUT2D eigenvalue weighted by Crippen LogP contribution is -2.37. The fourth-order valence-corrected chi connectivity index (χ4v) is 4.46. The molecule has 1 aliphatic heterocycles. The van der Waals surface area contributed by atoms with Crippen LogP contribution in [-0.4, -0.2) is 49.8 Å². The SMILES string of the molecule is CCN(CC)CCCNCCC(c1ccc(C)cc1)C1CCOC(C)(C)C1. The Labute approximate surface area is 167 Å². The second kappa shape index (κ2) is 11.2. The molecule has 0 aromatic heterocycles. The van der Waals surface area contributed by atoms with E-state index in [0.717, 1.165) is 39.2 Å². The molecule has 1 heterocycles. The summed E-state index contributed by atoms with van der Waals surface area (Å²) in [7, 11) is 0. The Morgan fingerprint density at radius 2 is 1.85 bits per heavy atom. The Morgan fingerprint density at radius 3 is 2.48 bits per heavy atom. The fraction of sp³-hybridized carbons (Fsp3) is 0.750. The summed E-state index contributed by atoms with van der Waals surface area (Å²) in [6.45, 7) is 17.8. The Kier molecular flexibility index (Phi) is 9.28. The zero-order valence-electron chi connectivity index (χ0n) is 18.4. The number of aryl methyl sites for hydroxylation is 1. The number of ether oxygens (including phenoxy) is 1. The van der Waals surface area contributed by atoms with Gasteiger partial charge in [-0.3, -0.25) is 0 Å². The van der Waals surface area contributed by atoms with Crippen molar-refractivity contribution < 1.29 is 4.74 Å². The van der Waals surface area contributed by atoms with E-state index in [1.165, 1.54) is 36.9 Å². The summed E-state index contributed by atoms with van der Waals surface area (Å²) in [5.74, 6) is 1.35. The average Bonchev–Trinajstić information content (AvgIpc) is 2.64. The summed E-state index contributed by atoms with van der Waals surface area (Å²) in [5.41, 5.74) is 2.87. The van der Waals surface area contributed by atoms with Crippen molar-refractivity contribution in [3.63, 3.8) is 0 Å². The summed E-state index contributed by atoms with van der Waals surface area (Å²) < 4.78 is 5.98. The molecule has 0 radical (unpaired) electrons. The normalized spacial score (nSPS) is 20.7. The minimum atomic E-state index is 0.0169. The number of nitrogens with one attached hydrogen (secondary N) is 1. The van der Waals surface area contributed by atoms with Gasteiger partial charge in [-0.2, -0.15) is 0 Å². The van der Waals surface area contributed by atoms with E-state index in [1.807, 2.05) is 0 Å². The molecule has 0 bridgehead atoms. The van der Waals surface area contributed by atoms with Crippen molar-refractivity contribution in [2.45, 2.75) is 71.8 Å². The standard InChI is InChI=1S/C24H42N2O/c1-6-26(7-2)17-8-15-25-16-13-23(21-11-9-20(3)10-12-21)22-14-18-27-24(4,5)19-22/h9-12,22-23,25H,6-8,13-19H2,1-5H3. The van der Waals surface area contributed by atoms with Crippen LogP contribution in [0.3, 0.4) is 0 Å². The van der Waals surface area contributed by atoms with E-state index in [-0.39, 0.29) is 5.60 Å². The van der Waals surface area contributed by atoms with Gasteiger partial charge in [0.1, 0.15) is 0 Å². The molecule has 27 heavy (non-hydrogen) atoms. The van der Waals surface area contributed by atoms with Gasteiger partial charge in [-0.15, -0.1) is 0 Å². The molecule has 3 nitrogen and oxygen atoms in total. The van der Waals surface area contributed by atoms with Crippen molar-refractivity contribution in [3.05, 3.63) is 35.4 Å². The van der Waals surface area contributed by atoms with Crippen molar-refractivity contribution in [1.82, 2.24) is 10.2 Å². The maximum Gasteiger partial charge on any atom is 0.0629 e. The number of rotatable bonds is 11. The van der Waals surface area contributed by atoms with Crippen molar-refractivity contribution in [3.8, 4) is 0 Å². The van der Waals surface area contributed by atoms with Crippen LogP contribution in [0, 0.1) is 12.8 Å². The number of nitrogens with zero attached hydrogens (tertiary/aromatic N) is 1. The van der Waals surface area contributed by atoms with E-state index in [1.54, 1.807) is 0 Å². The van der Waals surface area contributed by atoms with E-state index < -0.39 is 0 Å². The van der Waals surface area contributed by atoms with Crippen LogP contribution in [-0.2, 0) is 4.74 Å². The van der Waals surface area contributed by atoms with Crippen molar-refractivity contribution >= 4 is 0 Å². The van der Waals surface area contributed by atoms with Crippen molar-refractivity contribution in [2.75, 3.05) is 39.3 Å². The molecule has 2 rings (SSSR count). The molecule has 3 heteroatoms. The fourth-order valence-electron chi connectivity index (χ4n) is 4.46. The largest absolute Gasteiger partial charge is 0.376 e. The van der Waals surface area contributed by atoms with Gasteiger partial charge in [-0.25, -0.2) is 0 Å². The molecule has 1 saturated heterocycles. The molecule has 154 valence electrons. The number of hydrogen-bond acceptors (Lipinski definition) is 3. The molecule has 1 fully saturated rings. The summed E-state index contributed by atoms with van der Waals surface area (Å²) in [6.07, 6.45) is 4.80. The molecule has 0 saturated carbocycles. The quantitative estimate of drug-likeness (QED) is 0.552. The zero-order valence-corrected chi connectivity index (χ0v) is 18.4. The van der Waals surface area contributed by atoms with E-state index in [2.05, 4.69) is 69.1 Å². The molecule has 1 N–H and O–H groups in total. The first-order valence-corrected chi connectivity index (χ1v) is 11.1. The van der Waals surface area contributed by atoms with Gasteiger partial charge in [-0.1, -0.05) is 43.7 Å². The van der Waals surface area contributed by atoms with Crippen LogP contribution in [0.2, 0.25) is 0 Å². The lowest BCUT2D eigenvalue weighted by Gasteiger charge is -2.39. The number of benzene rings is 1. The average molecular weight is 375 g/mol. The Morgan fingerprint density at radius 1 is 1.15 bits per heavy atom. The highest BCUT2D eigenvalue weighted by molar-refractivity contribution is 5.25. The van der Waals surface area contributed by atoms with Crippen LogP contribution in [0.15, 0.2) is 24.3 Å². The zero-order chi connectivity index (χ0) is 19.7. The summed E-state index contributed by atoms with van der Waals surface area (Å²) in [6, 6.07) is 9.24. The molecule has 1 aromatic carbocycles. The maximum absolute atomic E-state index is 5.98. The van der Waals surface area contributed by atoms with Gasteiger partial charge in [0.15, 0.2) is 0 Å². The molecular formula is C24H42N2O. The third kappa shape index (κ3) is 7.56. The highest BCUT2D eigenvalue weighted by atomic mass is 16.5. The van der Waals surface area contributed by atoms with Crippen LogP contribution in [0.5, 0.6) is 0 Å². The first-order chi connectivity index (χ1) is 12.9. The van der Waals surface area contributed by atoms with E-state index in [0.29, 0.717) is 11.8 Å². The molecule has 2 atom stereocenters. The highest BCUT2D eigenvalue weighted by Crippen LogP contribution is 2.39. The monoisotopic (exact) mass is 374 g/mol. The summed E-state index contributed by atoms with van der Waals surface area (Å²) in [5, 5.41) is 3.70. The van der Waals surface area contributed by atoms with Gasteiger partial charge < -0.3 is 15.0 Å². The van der Waals surface area contributed by atoms with E-state index >= 15 is 0 Å². The van der Waals surface area contributed by atoms with E-state index in [4.69, 9.17) is 4.74 Å².